The van der Waals surface area contributed by atoms with Crippen molar-refractivity contribution in [2.24, 2.45) is 0 Å². The van der Waals surface area contributed by atoms with Gasteiger partial charge in [-0.3, -0.25) is 0 Å². The van der Waals surface area contributed by atoms with Crippen LogP contribution in [0.25, 0.3) is 0 Å². The number of carbonyl (C=O) groups is 1. The normalized spacial score (nSPS) is 16.7. The summed E-state index contributed by atoms with van der Waals surface area (Å²) in [6.45, 7) is 0. The summed E-state index contributed by atoms with van der Waals surface area (Å²) in [4.78, 5) is 11.4. The molecule has 1 fully saturated rings. The minimum Gasteiger partial charge on any atom is -0.465 e. The van der Waals surface area contributed by atoms with Crippen LogP contribution >= 0.6 is 0 Å². The van der Waals surface area contributed by atoms with E-state index in [0.29, 0.717) is 11.1 Å². The number of esters is 1. The van der Waals surface area contributed by atoms with Gasteiger partial charge in [0, 0.05) is 13.1 Å². The maximum atomic E-state index is 12.5. The first-order valence-corrected chi connectivity index (χ1v) is 9.18. The zero-order valence-corrected chi connectivity index (χ0v) is 13.9. The van der Waals surface area contributed by atoms with Gasteiger partial charge in [-0.1, -0.05) is 31.4 Å². The molecule has 22 heavy (non-hydrogen) atoms. The summed E-state index contributed by atoms with van der Waals surface area (Å²) in [6, 6.07) is 6.64. The highest BCUT2D eigenvalue weighted by Gasteiger charge is 2.27. The van der Waals surface area contributed by atoms with Crippen molar-refractivity contribution in [2.75, 3.05) is 14.2 Å². The summed E-state index contributed by atoms with van der Waals surface area (Å²) < 4.78 is 31.2. The van der Waals surface area contributed by atoms with Crippen LogP contribution in [0.1, 0.15) is 48.0 Å². The second-order valence-electron chi connectivity index (χ2n) is 5.75. The predicted octanol–water partition coefficient (Wildman–Crippen LogP) is 2.57. The Hall–Kier alpha value is -1.40. The molecule has 1 aromatic rings. The van der Waals surface area contributed by atoms with Crippen LogP contribution in [0.2, 0.25) is 0 Å². The molecule has 0 heterocycles. The highest BCUT2D eigenvalue weighted by molar-refractivity contribution is 7.88. The fourth-order valence-electron chi connectivity index (χ4n) is 2.84. The molecule has 0 saturated heterocycles. The molecule has 5 nitrogen and oxygen atoms in total. The van der Waals surface area contributed by atoms with Gasteiger partial charge in [-0.05, 0) is 30.5 Å². The van der Waals surface area contributed by atoms with Crippen LogP contribution in [0.15, 0.2) is 24.3 Å². The summed E-state index contributed by atoms with van der Waals surface area (Å²) in [5.74, 6) is -0.463. The van der Waals surface area contributed by atoms with Gasteiger partial charge < -0.3 is 4.74 Å². The Morgan fingerprint density at radius 3 is 2.32 bits per heavy atom. The van der Waals surface area contributed by atoms with E-state index >= 15 is 0 Å². The first-order valence-electron chi connectivity index (χ1n) is 7.57. The monoisotopic (exact) mass is 325 g/mol. The maximum Gasteiger partial charge on any atom is 0.337 e. The van der Waals surface area contributed by atoms with Crippen LogP contribution in [0.3, 0.4) is 0 Å². The van der Waals surface area contributed by atoms with Crippen molar-refractivity contribution in [1.82, 2.24) is 4.31 Å². The first kappa shape index (κ1) is 17.0. The number of ether oxygens (including phenoxy) is 1. The lowest BCUT2D eigenvalue weighted by Crippen LogP contribution is -2.38. The van der Waals surface area contributed by atoms with Crippen molar-refractivity contribution in [1.29, 1.82) is 0 Å². The standard InChI is InChI=1S/C16H23NO4S/c1-17(15-6-4-3-5-7-15)22(19,20)12-13-8-10-14(11-9-13)16(18)21-2/h8-11,15H,3-7,12H2,1-2H3. The minimum atomic E-state index is -3.33. The van der Waals surface area contributed by atoms with E-state index in [1.807, 2.05) is 0 Å². The van der Waals surface area contributed by atoms with Crippen LogP contribution in [0, 0.1) is 0 Å². The number of nitrogens with zero attached hydrogens (tertiary/aromatic N) is 1. The molecule has 1 saturated carbocycles. The molecule has 1 aliphatic carbocycles. The van der Waals surface area contributed by atoms with E-state index in [1.165, 1.54) is 17.8 Å². The van der Waals surface area contributed by atoms with E-state index in [1.54, 1.807) is 31.3 Å². The first-order chi connectivity index (χ1) is 10.4. The van der Waals surface area contributed by atoms with E-state index in [9.17, 15) is 13.2 Å². The molecule has 0 bridgehead atoms. The predicted molar refractivity (Wildman–Crippen MR) is 85.0 cm³/mol. The zero-order valence-electron chi connectivity index (χ0n) is 13.1. The lowest BCUT2D eigenvalue weighted by Gasteiger charge is -2.30. The number of benzene rings is 1. The van der Waals surface area contributed by atoms with Gasteiger partial charge in [-0.25, -0.2) is 17.5 Å². The van der Waals surface area contributed by atoms with Crippen molar-refractivity contribution in [3.63, 3.8) is 0 Å². The summed E-state index contributed by atoms with van der Waals surface area (Å²) in [6.07, 6.45) is 5.27. The van der Waals surface area contributed by atoms with Crippen LogP contribution in [0.4, 0.5) is 0 Å². The van der Waals surface area contributed by atoms with Crippen molar-refractivity contribution in [2.45, 2.75) is 43.9 Å². The number of rotatable bonds is 5. The van der Waals surface area contributed by atoms with Crippen LogP contribution in [-0.4, -0.2) is 38.9 Å². The molecule has 1 aliphatic rings. The van der Waals surface area contributed by atoms with Crippen LogP contribution < -0.4 is 0 Å². The van der Waals surface area contributed by atoms with E-state index in [0.717, 1.165) is 25.7 Å². The average molecular weight is 325 g/mol. The highest BCUT2D eigenvalue weighted by Crippen LogP contribution is 2.24. The van der Waals surface area contributed by atoms with Gasteiger partial charge >= 0.3 is 5.97 Å². The fourth-order valence-corrected chi connectivity index (χ4v) is 4.32. The number of carbonyl (C=O) groups excluding carboxylic acids is 1. The van der Waals surface area contributed by atoms with E-state index in [4.69, 9.17) is 0 Å². The Morgan fingerprint density at radius 1 is 1.18 bits per heavy atom. The molecular formula is C16H23NO4S. The van der Waals surface area contributed by atoms with Crippen molar-refractivity contribution >= 4 is 16.0 Å². The Bertz CT molecular complexity index is 604. The van der Waals surface area contributed by atoms with Gasteiger partial charge in [-0.2, -0.15) is 0 Å². The Balaban J connectivity index is 2.06. The third-order valence-electron chi connectivity index (χ3n) is 4.25. The number of hydrogen-bond acceptors (Lipinski definition) is 4. The summed E-state index contributed by atoms with van der Waals surface area (Å²) in [5, 5.41) is 0. The maximum absolute atomic E-state index is 12.5. The van der Waals surface area contributed by atoms with Gasteiger partial charge in [0.1, 0.15) is 0 Å². The van der Waals surface area contributed by atoms with Crippen LogP contribution in [-0.2, 0) is 20.5 Å². The number of methoxy groups -OCH3 is 1. The lowest BCUT2D eigenvalue weighted by molar-refractivity contribution is 0.0600. The molecule has 0 radical (unpaired) electrons. The average Bonchev–Trinajstić information content (AvgIpc) is 2.54. The van der Waals surface area contributed by atoms with Crippen molar-refractivity contribution in [3.8, 4) is 0 Å². The summed E-state index contributed by atoms with van der Waals surface area (Å²) in [7, 11) is -0.340. The molecule has 1 aromatic carbocycles. The fraction of sp³-hybridized carbons (Fsp3) is 0.562. The Kier molecular flexibility index (Phi) is 5.58. The number of sulfonamides is 1. The smallest absolute Gasteiger partial charge is 0.337 e. The SMILES string of the molecule is COC(=O)c1ccc(CS(=O)(=O)N(C)C2CCCCC2)cc1. The summed E-state index contributed by atoms with van der Waals surface area (Å²) >= 11 is 0. The molecule has 0 aliphatic heterocycles. The number of hydrogen-bond donors (Lipinski definition) is 0. The summed E-state index contributed by atoms with van der Waals surface area (Å²) in [5.41, 5.74) is 1.10. The molecular weight excluding hydrogens is 302 g/mol. The van der Waals surface area contributed by atoms with E-state index in [-0.39, 0.29) is 11.8 Å². The molecule has 6 heteroatoms. The zero-order chi connectivity index (χ0) is 16.2. The molecule has 0 N–H and O–H groups in total. The molecule has 2 rings (SSSR count). The quantitative estimate of drug-likeness (QED) is 0.781. The molecule has 122 valence electrons. The molecule has 0 amide bonds. The van der Waals surface area contributed by atoms with Gasteiger partial charge in [0.25, 0.3) is 0 Å². The van der Waals surface area contributed by atoms with Gasteiger partial charge in [-0.15, -0.1) is 0 Å². The van der Waals surface area contributed by atoms with E-state index < -0.39 is 16.0 Å². The van der Waals surface area contributed by atoms with E-state index in [2.05, 4.69) is 4.74 Å². The minimum absolute atomic E-state index is 0.0402. The molecule has 0 unspecified atom stereocenters. The third kappa shape index (κ3) is 4.08. The Labute approximate surface area is 132 Å². The van der Waals surface area contributed by atoms with Crippen LogP contribution in [0.5, 0.6) is 0 Å². The van der Waals surface area contributed by atoms with Gasteiger partial charge in [0.05, 0.1) is 18.4 Å². The molecule has 0 atom stereocenters. The lowest BCUT2D eigenvalue weighted by atomic mass is 9.96. The van der Waals surface area contributed by atoms with Gasteiger partial charge in [0.15, 0.2) is 0 Å². The molecule has 0 aromatic heterocycles. The Morgan fingerprint density at radius 2 is 1.77 bits per heavy atom. The van der Waals surface area contributed by atoms with Gasteiger partial charge in [0.2, 0.25) is 10.0 Å². The second kappa shape index (κ2) is 7.24. The molecule has 0 spiro atoms. The highest BCUT2D eigenvalue weighted by atomic mass is 32.2. The topological polar surface area (TPSA) is 63.7 Å². The third-order valence-corrected chi connectivity index (χ3v) is 6.13. The van der Waals surface area contributed by atoms with Crippen molar-refractivity contribution < 1.29 is 17.9 Å². The second-order valence-corrected chi connectivity index (χ2v) is 7.78. The van der Waals surface area contributed by atoms with Crippen molar-refractivity contribution in [3.05, 3.63) is 35.4 Å². The largest absolute Gasteiger partial charge is 0.465 e.